The van der Waals surface area contributed by atoms with E-state index < -0.39 is 7.67 Å². The fourth-order valence-corrected chi connectivity index (χ4v) is 14.7. The third-order valence-electron chi connectivity index (χ3n) is 6.98. The van der Waals surface area contributed by atoms with Gasteiger partial charge in [0.25, 0.3) is 0 Å². The van der Waals surface area contributed by atoms with Gasteiger partial charge in [-0.2, -0.15) is 23.5 Å². The number of nitrogens with zero attached hydrogens (tertiary/aromatic N) is 2. The molecule has 1 aromatic rings. The summed E-state index contributed by atoms with van der Waals surface area (Å²) in [5, 5.41) is 4.67. The molecular formula is C25H41N2O2PS5. The maximum Gasteiger partial charge on any atom is 0.394 e. The Morgan fingerprint density at radius 1 is 0.971 bits per heavy atom. The van der Waals surface area contributed by atoms with Gasteiger partial charge in [-0.05, 0) is 87.8 Å². The molecule has 0 N–H and O–H groups in total. The van der Waals surface area contributed by atoms with E-state index in [0.29, 0.717) is 5.75 Å². The van der Waals surface area contributed by atoms with Crippen LogP contribution in [0.4, 0.5) is 0 Å². The molecule has 1 aromatic carbocycles. The molecule has 10 heteroatoms. The fraction of sp³-hybridized carbons (Fsp3) is 0.760. The molecule has 4 aliphatic heterocycles. The van der Waals surface area contributed by atoms with Crippen molar-refractivity contribution >= 4 is 62.6 Å². The molecule has 0 aromatic heterocycles. The smallest absolute Gasteiger partial charge is 0.394 e. The van der Waals surface area contributed by atoms with E-state index in [1.807, 2.05) is 12.1 Å². The highest BCUT2D eigenvalue weighted by molar-refractivity contribution is 9.09. The van der Waals surface area contributed by atoms with Gasteiger partial charge in [0.1, 0.15) is 5.75 Å². The summed E-state index contributed by atoms with van der Waals surface area (Å²) in [6, 6.07) is 8.12. The molecule has 198 valence electrons. The van der Waals surface area contributed by atoms with Gasteiger partial charge < -0.3 is 4.52 Å². The van der Waals surface area contributed by atoms with Crippen LogP contribution in [0.15, 0.2) is 24.3 Å². The van der Waals surface area contributed by atoms with Gasteiger partial charge in [-0.15, -0.1) is 0 Å². The number of unbranched alkanes of at least 4 members (excludes halogenated alkanes) is 4. The van der Waals surface area contributed by atoms with Gasteiger partial charge in [-0.3, -0.25) is 0 Å². The number of benzene rings is 1. The molecule has 4 saturated heterocycles. The zero-order valence-electron chi connectivity index (χ0n) is 21.5. The Labute approximate surface area is 233 Å². The van der Waals surface area contributed by atoms with E-state index in [-0.39, 0.29) is 0 Å². The molecule has 35 heavy (non-hydrogen) atoms. The Morgan fingerprint density at radius 2 is 1.71 bits per heavy atom. The first kappa shape index (κ1) is 28.9. The maximum absolute atomic E-state index is 13.1. The van der Waals surface area contributed by atoms with Gasteiger partial charge in [0, 0.05) is 32.0 Å². The molecule has 0 radical (unpaired) electrons. The maximum atomic E-state index is 13.1. The minimum atomic E-state index is -3.01. The van der Waals surface area contributed by atoms with Crippen LogP contribution in [0.25, 0.3) is 0 Å². The Morgan fingerprint density at radius 3 is 2.49 bits per heavy atom. The normalized spacial score (nSPS) is 28.5. The predicted octanol–water partition coefficient (Wildman–Crippen LogP) is 8.34. The average Bonchev–Trinajstić information content (AvgIpc) is 3.51. The van der Waals surface area contributed by atoms with Gasteiger partial charge in [0.2, 0.25) is 0 Å². The van der Waals surface area contributed by atoms with Crippen LogP contribution in [0.2, 0.25) is 0 Å². The highest BCUT2D eigenvalue weighted by Crippen LogP contribution is 2.57. The molecule has 4 heterocycles. The quantitative estimate of drug-likeness (QED) is 0.0916. The Bertz CT molecular complexity index is 843. The largest absolute Gasteiger partial charge is 0.422 e. The van der Waals surface area contributed by atoms with Gasteiger partial charge in [0.15, 0.2) is 0 Å². The second-order valence-corrected chi connectivity index (χ2v) is 20.4. The van der Waals surface area contributed by atoms with Gasteiger partial charge in [-0.1, -0.05) is 59.4 Å². The lowest BCUT2D eigenvalue weighted by Crippen LogP contribution is -2.37. The molecule has 0 saturated carbocycles. The Balaban J connectivity index is 1.06. The average molecular weight is 593 g/mol. The van der Waals surface area contributed by atoms with Crippen LogP contribution >= 0.6 is 62.6 Å². The topological polar surface area (TPSA) is 32.8 Å². The van der Waals surface area contributed by atoms with Gasteiger partial charge in [0.05, 0.1) is 0 Å². The first-order valence-corrected chi connectivity index (χ1v) is 20.0. The molecule has 0 aliphatic carbocycles. The summed E-state index contributed by atoms with van der Waals surface area (Å²) in [6.07, 6.45) is 12.0. The Kier molecular flexibility index (Phi) is 11.4. The first-order chi connectivity index (χ1) is 16.8. The standard InChI is InChI=1S/C25H41N2O2PS5/c1-26(2)30(28,27(3)4)29-20-13-10-12-19(15-20)11-8-6-5-7-9-14-22-24(33-22)17-25-23-16-21(32-23)18-31-35-34-25/h10,12-13,15,21-25H,5-9,11,14,16-18H2,1-4H3. The minimum absolute atomic E-state index is 0.690. The van der Waals surface area contributed by atoms with Crippen molar-refractivity contribution in [2.75, 3.05) is 33.9 Å². The van der Waals surface area contributed by atoms with E-state index in [2.05, 4.69) is 67.1 Å². The Hall–Kier alpha value is 0.920. The molecule has 4 aliphatic rings. The summed E-state index contributed by atoms with van der Waals surface area (Å²) in [6.45, 7) is 0. The molecule has 2 bridgehead atoms. The third-order valence-corrected chi connectivity index (χ3v) is 17.6. The van der Waals surface area contributed by atoms with E-state index in [4.69, 9.17) is 4.52 Å². The van der Waals surface area contributed by atoms with Crippen LogP contribution in [-0.2, 0) is 11.0 Å². The third kappa shape index (κ3) is 8.45. The van der Waals surface area contributed by atoms with Crippen LogP contribution in [0.3, 0.4) is 0 Å². The molecule has 4 nitrogen and oxygen atoms in total. The summed E-state index contributed by atoms with van der Waals surface area (Å²) in [5.74, 6) is 2.04. The number of aryl methyl sites for hydroxylation is 1. The van der Waals surface area contributed by atoms with Crippen LogP contribution in [-0.4, -0.2) is 69.5 Å². The summed E-state index contributed by atoms with van der Waals surface area (Å²) in [4.78, 5) is 0. The van der Waals surface area contributed by atoms with Crippen LogP contribution in [0, 0.1) is 0 Å². The lowest BCUT2D eigenvalue weighted by Gasteiger charge is -2.41. The zero-order chi connectivity index (χ0) is 24.8. The van der Waals surface area contributed by atoms with Crippen molar-refractivity contribution in [2.45, 2.75) is 84.0 Å². The van der Waals surface area contributed by atoms with Crippen molar-refractivity contribution in [1.29, 1.82) is 0 Å². The number of fused-ring (bicyclic) bond motifs is 4. The van der Waals surface area contributed by atoms with Crippen molar-refractivity contribution in [3.8, 4) is 5.75 Å². The van der Waals surface area contributed by atoms with E-state index in [1.165, 1.54) is 62.7 Å². The molecule has 0 amide bonds. The van der Waals surface area contributed by atoms with E-state index >= 15 is 0 Å². The highest BCUT2D eigenvalue weighted by Gasteiger charge is 2.44. The predicted molar refractivity (Wildman–Crippen MR) is 164 cm³/mol. The van der Waals surface area contributed by atoms with Crippen molar-refractivity contribution in [1.82, 2.24) is 9.34 Å². The second kappa shape index (κ2) is 13.8. The lowest BCUT2D eigenvalue weighted by atomic mass is 10.0. The number of rotatable bonds is 14. The first-order valence-electron chi connectivity index (χ1n) is 12.8. The minimum Gasteiger partial charge on any atom is -0.422 e. The van der Waals surface area contributed by atoms with E-state index in [0.717, 1.165) is 32.7 Å². The fourth-order valence-electron chi connectivity index (χ4n) is 4.77. The molecule has 0 spiro atoms. The molecule has 5 unspecified atom stereocenters. The van der Waals surface area contributed by atoms with Crippen LogP contribution < -0.4 is 4.52 Å². The zero-order valence-corrected chi connectivity index (χ0v) is 26.4. The van der Waals surface area contributed by atoms with Gasteiger partial charge in [-0.25, -0.2) is 13.9 Å². The molecule has 4 fully saturated rings. The summed E-state index contributed by atoms with van der Waals surface area (Å²) < 4.78 is 22.4. The van der Waals surface area contributed by atoms with Crippen molar-refractivity contribution < 1.29 is 9.09 Å². The number of hydrogen-bond donors (Lipinski definition) is 0. The highest BCUT2D eigenvalue weighted by atomic mass is 33.5. The SMILES string of the molecule is CN(C)P(=O)(Oc1cccc(CCCCCCCC2SC2CC2SSSCC3CC2S3)c1)N(C)C. The van der Waals surface area contributed by atoms with Crippen LogP contribution in [0.1, 0.15) is 56.9 Å². The summed E-state index contributed by atoms with van der Waals surface area (Å²) in [5.41, 5.74) is 1.27. The van der Waals surface area contributed by atoms with Crippen molar-refractivity contribution in [3.05, 3.63) is 29.8 Å². The van der Waals surface area contributed by atoms with Crippen molar-refractivity contribution in [2.24, 2.45) is 0 Å². The monoisotopic (exact) mass is 592 g/mol. The summed E-state index contributed by atoms with van der Waals surface area (Å²) in [7, 11) is 10.5. The molecule has 5 atom stereocenters. The number of hydrogen-bond acceptors (Lipinski definition) is 7. The van der Waals surface area contributed by atoms with Crippen molar-refractivity contribution in [3.63, 3.8) is 0 Å². The van der Waals surface area contributed by atoms with E-state index in [1.54, 1.807) is 37.5 Å². The van der Waals surface area contributed by atoms with E-state index in [9.17, 15) is 4.57 Å². The summed E-state index contributed by atoms with van der Waals surface area (Å²) >= 11 is 4.53. The lowest BCUT2D eigenvalue weighted by molar-refractivity contribution is 0.354. The number of thioether (sulfide) groups is 2. The molecule has 5 rings (SSSR count). The van der Waals surface area contributed by atoms with Crippen LogP contribution in [0.5, 0.6) is 5.75 Å². The second-order valence-electron chi connectivity index (χ2n) is 10.2. The van der Waals surface area contributed by atoms with Gasteiger partial charge >= 0.3 is 7.67 Å². The molecular weight excluding hydrogens is 552 g/mol.